The Morgan fingerprint density at radius 1 is 1.29 bits per heavy atom. The number of methoxy groups -OCH3 is 1. The summed E-state index contributed by atoms with van der Waals surface area (Å²) in [6.07, 6.45) is -4.77. The Kier molecular flexibility index (Phi) is 2.55. The zero-order chi connectivity index (χ0) is 10.9. The molecule has 78 valence electrons. The van der Waals surface area contributed by atoms with Gasteiger partial charge in [-0.3, -0.25) is 0 Å². The first kappa shape index (κ1) is 10.6. The van der Waals surface area contributed by atoms with E-state index in [2.05, 4.69) is 4.74 Å². The van der Waals surface area contributed by atoms with E-state index < -0.39 is 23.2 Å². The van der Waals surface area contributed by atoms with Crippen LogP contribution in [0.4, 0.5) is 23.2 Å². The van der Waals surface area contributed by atoms with Crippen LogP contribution in [-0.4, -0.2) is 7.11 Å². The van der Waals surface area contributed by atoms with Gasteiger partial charge in [-0.2, -0.15) is 13.2 Å². The fourth-order valence-electron chi connectivity index (χ4n) is 0.944. The van der Waals surface area contributed by atoms with Crippen LogP contribution >= 0.6 is 0 Å². The van der Waals surface area contributed by atoms with E-state index in [4.69, 9.17) is 5.73 Å². The largest absolute Gasteiger partial charge is 0.497 e. The number of anilines is 1. The summed E-state index contributed by atoms with van der Waals surface area (Å²) in [6.45, 7) is 0. The van der Waals surface area contributed by atoms with Crippen LogP contribution in [0, 0.1) is 5.82 Å². The van der Waals surface area contributed by atoms with Crippen molar-refractivity contribution in [3.63, 3.8) is 0 Å². The SMILES string of the molecule is COc1cc(N)c(F)c(C(F)(F)F)c1. The third-order valence-electron chi connectivity index (χ3n) is 1.62. The van der Waals surface area contributed by atoms with Gasteiger partial charge in [0.05, 0.1) is 18.4 Å². The maximum Gasteiger partial charge on any atom is 0.419 e. The predicted molar refractivity (Wildman–Crippen MR) is 42.4 cm³/mol. The summed E-state index contributed by atoms with van der Waals surface area (Å²) < 4.78 is 54.0. The molecule has 0 saturated carbocycles. The lowest BCUT2D eigenvalue weighted by atomic mass is 10.1. The lowest BCUT2D eigenvalue weighted by molar-refractivity contribution is -0.140. The maximum atomic E-state index is 12.9. The molecule has 0 atom stereocenters. The second-order valence-corrected chi connectivity index (χ2v) is 2.58. The van der Waals surface area contributed by atoms with E-state index in [1.165, 1.54) is 7.11 Å². The van der Waals surface area contributed by atoms with Crippen LogP contribution in [-0.2, 0) is 6.18 Å². The van der Waals surface area contributed by atoms with E-state index in [1.807, 2.05) is 0 Å². The van der Waals surface area contributed by atoms with Crippen molar-refractivity contribution in [2.24, 2.45) is 0 Å². The van der Waals surface area contributed by atoms with Crippen molar-refractivity contribution in [3.05, 3.63) is 23.5 Å². The first-order valence-corrected chi connectivity index (χ1v) is 3.56. The first-order valence-electron chi connectivity index (χ1n) is 3.56. The molecule has 0 aliphatic carbocycles. The number of nitrogen functional groups attached to an aromatic ring is 1. The highest BCUT2D eigenvalue weighted by molar-refractivity contribution is 5.50. The molecule has 0 radical (unpaired) electrons. The van der Waals surface area contributed by atoms with Gasteiger partial charge in [0.15, 0.2) is 5.82 Å². The number of benzene rings is 1. The summed E-state index contributed by atoms with van der Waals surface area (Å²) >= 11 is 0. The average molecular weight is 209 g/mol. The van der Waals surface area contributed by atoms with Crippen molar-refractivity contribution in [1.82, 2.24) is 0 Å². The third-order valence-corrected chi connectivity index (χ3v) is 1.62. The summed E-state index contributed by atoms with van der Waals surface area (Å²) in [5, 5.41) is 0. The van der Waals surface area contributed by atoms with Gasteiger partial charge in [-0.25, -0.2) is 4.39 Å². The van der Waals surface area contributed by atoms with Crippen molar-refractivity contribution in [3.8, 4) is 5.75 Å². The van der Waals surface area contributed by atoms with E-state index in [-0.39, 0.29) is 5.75 Å². The smallest absolute Gasteiger partial charge is 0.419 e. The molecule has 0 aliphatic heterocycles. The lowest BCUT2D eigenvalue weighted by Gasteiger charge is -2.11. The van der Waals surface area contributed by atoms with Gasteiger partial charge in [0.25, 0.3) is 0 Å². The van der Waals surface area contributed by atoms with E-state index >= 15 is 0 Å². The van der Waals surface area contributed by atoms with Crippen LogP contribution in [0.5, 0.6) is 5.75 Å². The standard InChI is InChI=1S/C8H7F4NO/c1-14-4-2-5(8(10,11)12)7(9)6(13)3-4/h2-3H,13H2,1H3. The molecular formula is C8H7F4NO. The number of alkyl halides is 3. The van der Waals surface area contributed by atoms with Crippen molar-refractivity contribution in [2.75, 3.05) is 12.8 Å². The van der Waals surface area contributed by atoms with Crippen LogP contribution in [0.25, 0.3) is 0 Å². The molecule has 2 nitrogen and oxygen atoms in total. The molecule has 14 heavy (non-hydrogen) atoms. The summed E-state index contributed by atoms with van der Waals surface area (Å²) in [4.78, 5) is 0. The minimum absolute atomic E-state index is 0.128. The summed E-state index contributed by atoms with van der Waals surface area (Å²) in [6, 6.07) is 1.55. The lowest BCUT2D eigenvalue weighted by Crippen LogP contribution is -2.10. The number of halogens is 4. The van der Waals surface area contributed by atoms with Crippen LogP contribution in [0.1, 0.15) is 5.56 Å². The fourth-order valence-corrected chi connectivity index (χ4v) is 0.944. The van der Waals surface area contributed by atoms with Crippen molar-refractivity contribution >= 4 is 5.69 Å². The molecule has 0 unspecified atom stereocenters. The van der Waals surface area contributed by atoms with Crippen LogP contribution < -0.4 is 10.5 Å². The summed E-state index contributed by atoms with van der Waals surface area (Å²) in [7, 11) is 1.17. The van der Waals surface area contributed by atoms with E-state index in [1.54, 1.807) is 0 Å². The van der Waals surface area contributed by atoms with Crippen molar-refractivity contribution < 1.29 is 22.3 Å². The minimum atomic E-state index is -4.77. The summed E-state index contributed by atoms with van der Waals surface area (Å²) in [5.74, 6) is -1.60. The molecule has 0 spiro atoms. The second-order valence-electron chi connectivity index (χ2n) is 2.58. The molecule has 0 aliphatic rings. The summed E-state index contributed by atoms with van der Waals surface area (Å²) in [5.41, 5.74) is 3.03. The Labute approximate surface area is 77.3 Å². The highest BCUT2D eigenvalue weighted by Crippen LogP contribution is 2.35. The Hall–Kier alpha value is -1.46. The zero-order valence-electron chi connectivity index (χ0n) is 7.15. The average Bonchev–Trinajstić information content (AvgIpc) is 2.07. The Bertz CT molecular complexity index is 348. The highest BCUT2D eigenvalue weighted by Gasteiger charge is 2.35. The van der Waals surface area contributed by atoms with E-state index in [0.29, 0.717) is 6.07 Å². The van der Waals surface area contributed by atoms with Gasteiger partial charge in [-0.15, -0.1) is 0 Å². The van der Waals surface area contributed by atoms with E-state index in [0.717, 1.165) is 6.07 Å². The Balaban J connectivity index is 3.35. The number of hydrogen-bond acceptors (Lipinski definition) is 2. The first-order chi connectivity index (χ1) is 6.36. The minimum Gasteiger partial charge on any atom is -0.497 e. The maximum absolute atomic E-state index is 12.9. The Morgan fingerprint density at radius 2 is 1.86 bits per heavy atom. The topological polar surface area (TPSA) is 35.2 Å². The molecule has 6 heteroatoms. The van der Waals surface area contributed by atoms with Crippen LogP contribution in [0.15, 0.2) is 12.1 Å². The second kappa shape index (κ2) is 3.36. The molecule has 1 aromatic rings. The molecule has 0 bridgehead atoms. The normalized spacial score (nSPS) is 11.5. The van der Waals surface area contributed by atoms with Gasteiger partial charge < -0.3 is 10.5 Å². The molecule has 0 fully saturated rings. The number of nitrogens with two attached hydrogens (primary N) is 1. The van der Waals surface area contributed by atoms with Gasteiger partial charge in [0.1, 0.15) is 5.75 Å². The highest BCUT2D eigenvalue weighted by atomic mass is 19.4. The molecule has 2 N–H and O–H groups in total. The molecular weight excluding hydrogens is 202 g/mol. The van der Waals surface area contributed by atoms with Crippen LogP contribution in [0.2, 0.25) is 0 Å². The van der Waals surface area contributed by atoms with Gasteiger partial charge >= 0.3 is 6.18 Å². The zero-order valence-corrected chi connectivity index (χ0v) is 7.15. The number of hydrogen-bond donors (Lipinski definition) is 1. The van der Waals surface area contributed by atoms with E-state index in [9.17, 15) is 17.6 Å². The van der Waals surface area contributed by atoms with Gasteiger partial charge in [0.2, 0.25) is 0 Å². The Morgan fingerprint density at radius 3 is 2.29 bits per heavy atom. The monoisotopic (exact) mass is 209 g/mol. The predicted octanol–water partition coefficient (Wildman–Crippen LogP) is 2.44. The van der Waals surface area contributed by atoms with Gasteiger partial charge in [-0.1, -0.05) is 0 Å². The molecule has 0 saturated heterocycles. The van der Waals surface area contributed by atoms with Crippen molar-refractivity contribution in [1.29, 1.82) is 0 Å². The van der Waals surface area contributed by atoms with Gasteiger partial charge in [0, 0.05) is 6.07 Å². The molecule has 1 aromatic carbocycles. The molecule has 0 aromatic heterocycles. The number of ether oxygens (including phenoxy) is 1. The fraction of sp³-hybridized carbons (Fsp3) is 0.250. The molecule has 0 amide bonds. The number of rotatable bonds is 1. The van der Waals surface area contributed by atoms with Crippen LogP contribution in [0.3, 0.4) is 0 Å². The quantitative estimate of drug-likeness (QED) is 0.569. The molecule has 1 rings (SSSR count). The molecule has 0 heterocycles. The van der Waals surface area contributed by atoms with Crippen molar-refractivity contribution in [2.45, 2.75) is 6.18 Å². The third kappa shape index (κ3) is 1.89. The van der Waals surface area contributed by atoms with Gasteiger partial charge in [-0.05, 0) is 6.07 Å².